The molecule has 1 heterocycles. The maximum atomic E-state index is 14.3. The highest BCUT2D eigenvalue weighted by Gasteiger charge is 2.52. The average molecular weight is 510 g/mol. The Labute approximate surface area is 227 Å². The van der Waals surface area contributed by atoms with Gasteiger partial charge in [0.05, 0.1) is 0 Å². The number of carbonyl (C=O) groups is 2. The number of carbonyl (C=O) groups excluding carboxylic acids is 2. The number of esters is 1. The second-order valence-corrected chi connectivity index (χ2v) is 9.79. The molecule has 5 aromatic carbocycles. The third-order valence-corrected chi connectivity index (χ3v) is 7.33. The van der Waals surface area contributed by atoms with Crippen molar-refractivity contribution in [2.24, 2.45) is 0 Å². The van der Waals surface area contributed by atoms with Crippen LogP contribution in [0.5, 0.6) is 0 Å². The highest BCUT2D eigenvalue weighted by atomic mass is 16.5. The van der Waals surface area contributed by atoms with Crippen molar-refractivity contribution in [2.45, 2.75) is 17.9 Å². The Morgan fingerprint density at radius 1 is 0.718 bits per heavy atom. The minimum atomic E-state index is -1.39. The molecular formula is C35H27NO3. The van der Waals surface area contributed by atoms with Gasteiger partial charge in [-0.2, -0.15) is 0 Å². The molecular weight excluding hydrogens is 482 g/mol. The van der Waals surface area contributed by atoms with Crippen LogP contribution in [0.1, 0.15) is 33.0 Å². The van der Waals surface area contributed by atoms with Crippen molar-refractivity contribution in [3.8, 4) is 0 Å². The van der Waals surface area contributed by atoms with Gasteiger partial charge in [0.25, 0.3) is 5.91 Å². The molecule has 0 saturated carbocycles. The first-order valence-corrected chi connectivity index (χ1v) is 13.0. The summed E-state index contributed by atoms with van der Waals surface area (Å²) in [6, 6.07) is 42.6. The van der Waals surface area contributed by atoms with Crippen molar-refractivity contribution in [1.29, 1.82) is 0 Å². The van der Waals surface area contributed by atoms with Crippen LogP contribution in [0, 0.1) is 0 Å². The molecule has 5 aromatic rings. The molecule has 1 amide bonds. The Bertz CT molecular complexity index is 1660. The number of ether oxygens (including phenoxy) is 1. The lowest BCUT2D eigenvalue weighted by molar-refractivity contribution is -0.145. The van der Waals surface area contributed by atoms with Crippen LogP contribution >= 0.6 is 0 Å². The van der Waals surface area contributed by atoms with E-state index in [-0.39, 0.29) is 12.3 Å². The predicted molar refractivity (Wildman–Crippen MR) is 154 cm³/mol. The smallest absolute Gasteiger partial charge is 0.338 e. The van der Waals surface area contributed by atoms with E-state index in [4.69, 9.17) is 4.74 Å². The number of hydrogen-bond donors (Lipinski definition) is 1. The fraction of sp³-hybridized carbons (Fsp3) is 0.0857. The Hall–Kier alpha value is -4.96. The number of rotatable bonds is 6. The lowest BCUT2D eigenvalue weighted by Gasteiger charge is -2.42. The quantitative estimate of drug-likeness (QED) is 0.253. The molecule has 0 unspecified atom stereocenters. The molecule has 0 radical (unpaired) electrons. The minimum absolute atomic E-state index is 0.262. The molecule has 1 N–H and O–H groups in total. The number of fused-ring (bicyclic) bond motifs is 1. The summed E-state index contributed by atoms with van der Waals surface area (Å²) in [5.41, 5.74) is 1.76. The van der Waals surface area contributed by atoms with Crippen LogP contribution in [0.25, 0.3) is 16.5 Å². The van der Waals surface area contributed by atoms with Gasteiger partial charge in [-0.15, -0.1) is 0 Å². The first kappa shape index (κ1) is 24.4. The van der Waals surface area contributed by atoms with Gasteiger partial charge in [0.15, 0.2) is 5.54 Å². The van der Waals surface area contributed by atoms with Gasteiger partial charge in [-0.05, 0) is 40.1 Å². The molecule has 0 fully saturated rings. The highest BCUT2D eigenvalue weighted by Crippen LogP contribution is 2.43. The van der Waals surface area contributed by atoms with E-state index in [1.165, 1.54) is 0 Å². The van der Waals surface area contributed by atoms with Gasteiger partial charge in [0.1, 0.15) is 5.76 Å². The zero-order chi connectivity index (χ0) is 26.7. The Morgan fingerprint density at radius 3 is 2.08 bits per heavy atom. The predicted octanol–water partition coefficient (Wildman–Crippen LogP) is 6.93. The standard InChI is InChI=1S/C35H27NO3/c37-33(28-18-8-3-9-19-28)36-35(24-25-13-4-1-5-14-25)31(30-22-12-20-26-15-10-11-21-29(26)30)23-32(39-34(35)38)27-16-6-2-7-17-27/h1-23,31H,24H2,(H,36,37)/t31-,35+/m1/s1. The molecule has 0 aliphatic carbocycles. The summed E-state index contributed by atoms with van der Waals surface area (Å²) in [6.45, 7) is 0. The third kappa shape index (κ3) is 4.73. The van der Waals surface area contributed by atoms with E-state index < -0.39 is 17.4 Å². The molecule has 6 rings (SSSR count). The van der Waals surface area contributed by atoms with Gasteiger partial charge in [0, 0.05) is 23.5 Å². The van der Waals surface area contributed by atoms with E-state index in [0.29, 0.717) is 11.3 Å². The number of benzene rings is 5. The molecule has 1 aliphatic rings. The van der Waals surface area contributed by atoms with Crippen LogP contribution in [-0.4, -0.2) is 17.4 Å². The normalized spacial score (nSPS) is 18.7. The zero-order valence-corrected chi connectivity index (χ0v) is 21.3. The van der Waals surface area contributed by atoms with Crippen LogP contribution in [0.3, 0.4) is 0 Å². The van der Waals surface area contributed by atoms with Crippen molar-refractivity contribution < 1.29 is 14.3 Å². The van der Waals surface area contributed by atoms with Crippen molar-refractivity contribution >= 4 is 28.4 Å². The Morgan fingerprint density at radius 2 is 1.33 bits per heavy atom. The SMILES string of the molecule is O=C(N[C@]1(Cc2ccccc2)C(=O)OC(c2ccccc2)=C[C@@H]1c1cccc2ccccc12)c1ccccc1. The van der Waals surface area contributed by atoms with Gasteiger partial charge in [0.2, 0.25) is 0 Å². The molecule has 4 nitrogen and oxygen atoms in total. The van der Waals surface area contributed by atoms with E-state index >= 15 is 0 Å². The van der Waals surface area contributed by atoms with E-state index in [0.717, 1.165) is 27.5 Å². The molecule has 190 valence electrons. The summed E-state index contributed by atoms with van der Waals surface area (Å²) < 4.78 is 6.07. The number of hydrogen-bond acceptors (Lipinski definition) is 3. The number of cyclic esters (lactones) is 1. The third-order valence-electron chi connectivity index (χ3n) is 7.33. The van der Waals surface area contributed by atoms with Crippen LogP contribution in [0.2, 0.25) is 0 Å². The largest absolute Gasteiger partial charge is 0.424 e. The number of amides is 1. The zero-order valence-electron chi connectivity index (χ0n) is 21.3. The minimum Gasteiger partial charge on any atom is -0.424 e. The molecule has 0 aromatic heterocycles. The van der Waals surface area contributed by atoms with Crippen LogP contribution in [-0.2, 0) is 16.0 Å². The molecule has 1 aliphatic heterocycles. The Kier molecular flexibility index (Phi) is 6.52. The van der Waals surface area contributed by atoms with Gasteiger partial charge < -0.3 is 10.1 Å². The average Bonchev–Trinajstić information content (AvgIpc) is 2.99. The van der Waals surface area contributed by atoms with Gasteiger partial charge in [-0.3, -0.25) is 4.79 Å². The summed E-state index contributed by atoms with van der Waals surface area (Å²) in [7, 11) is 0. The first-order valence-electron chi connectivity index (χ1n) is 13.0. The lowest BCUT2D eigenvalue weighted by atomic mass is 9.72. The second-order valence-electron chi connectivity index (χ2n) is 9.79. The molecule has 4 heteroatoms. The summed E-state index contributed by atoms with van der Waals surface area (Å²) in [5.74, 6) is -0.843. The topological polar surface area (TPSA) is 55.4 Å². The molecule has 0 saturated heterocycles. The summed E-state index contributed by atoms with van der Waals surface area (Å²) in [5, 5.41) is 5.26. The molecule has 39 heavy (non-hydrogen) atoms. The molecule has 0 spiro atoms. The molecule has 2 atom stereocenters. The second kappa shape index (κ2) is 10.4. The van der Waals surface area contributed by atoms with Crippen molar-refractivity contribution in [3.63, 3.8) is 0 Å². The maximum Gasteiger partial charge on any atom is 0.338 e. The van der Waals surface area contributed by atoms with Crippen molar-refractivity contribution in [3.05, 3.63) is 162 Å². The first-order chi connectivity index (χ1) is 19.1. The van der Waals surface area contributed by atoms with Crippen molar-refractivity contribution in [1.82, 2.24) is 5.32 Å². The van der Waals surface area contributed by atoms with Crippen LogP contribution in [0.15, 0.2) is 140 Å². The van der Waals surface area contributed by atoms with Gasteiger partial charge >= 0.3 is 5.97 Å². The van der Waals surface area contributed by atoms with E-state index in [2.05, 4.69) is 23.5 Å². The van der Waals surface area contributed by atoms with Gasteiger partial charge in [-0.25, -0.2) is 4.79 Å². The lowest BCUT2D eigenvalue weighted by Crippen LogP contribution is -2.61. The fourth-order valence-corrected chi connectivity index (χ4v) is 5.42. The van der Waals surface area contributed by atoms with Gasteiger partial charge in [-0.1, -0.05) is 121 Å². The summed E-state index contributed by atoms with van der Waals surface area (Å²) in [4.78, 5) is 28.0. The molecule has 0 bridgehead atoms. The van der Waals surface area contributed by atoms with E-state index in [9.17, 15) is 9.59 Å². The summed E-state index contributed by atoms with van der Waals surface area (Å²) >= 11 is 0. The van der Waals surface area contributed by atoms with Crippen molar-refractivity contribution in [2.75, 3.05) is 0 Å². The van der Waals surface area contributed by atoms with Crippen LogP contribution < -0.4 is 5.32 Å². The highest BCUT2D eigenvalue weighted by molar-refractivity contribution is 6.01. The fourth-order valence-electron chi connectivity index (χ4n) is 5.42. The summed E-state index contributed by atoms with van der Waals surface area (Å²) in [6.07, 6.45) is 2.25. The maximum absolute atomic E-state index is 14.3. The Balaban J connectivity index is 1.59. The number of nitrogens with one attached hydrogen (secondary N) is 1. The van der Waals surface area contributed by atoms with E-state index in [1.807, 2.05) is 109 Å². The van der Waals surface area contributed by atoms with E-state index in [1.54, 1.807) is 12.1 Å². The monoisotopic (exact) mass is 509 g/mol. The van der Waals surface area contributed by atoms with Crippen LogP contribution in [0.4, 0.5) is 0 Å².